The molecule has 1 fully saturated rings. The minimum Gasteiger partial charge on any atom is -0.478 e. The van der Waals surface area contributed by atoms with Gasteiger partial charge in [0.1, 0.15) is 17.6 Å². The SMILES string of the molecule is CN(C)CCN1C(=S)N[C@H](c2ccccn2)[C@@H]1c1ccc(-c2cccc(C(=O)O)c2)o1. The summed E-state index contributed by atoms with van der Waals surface area (Å²) in [4.78, 5) is 20.1. The van der Waals surface area contributed by atoms with Crippen LogP contribution in [0.3, 0.4) is 0 Å². The van der Waals surface area contributed by atoms with Crippen LogP contribution in [0.4, 0.5) is 0 Å². The maximum atomic E-state index is 11.3. The predicted molar refractivity (Wildman–Crippen MR) is 122 cm³/mol. The maximum absolute atomic E-state index is 11.3. The maximum Gasteiger partial charge on any atom is 0.335 e. The summed E-state index contributed by atoms with van der Waals surface area (Å²) in [7, 11) is 4.05. The lowest BCUT2D eigenvalue weighted by molar-refractivity contribution is 0.0697. The molecule has 0 radical (unpaired) electrons. The average Bonchev–Trinajstić information content (AvgIpc) is 3.37. The summed E-state index contributed by atoms with van der Waals surface area (Å²) in [5, 5.41) is 13.4. The van der Waals surface area contributed by atoms with Crippen molar-refractivity contribution in [2.45, 2.75) is 12.1 Å². The number of nitrogens with one attached hydrogen (secondary N) is 1. The Balaban J connectivity index is 1.70. The van der Waals surface area contributed by atoms with E-state index in [-0.39, 0.29) is 17.6 Å². The zero-order valence-corrected chi connectivity index (χ0v) is 18.2. The Hall–Kier alpha value is -3.23. The molecule has 0 amide bonds. The van der Waals surface area contributed by atoms with Crippen LogP contribution in [-0.4, -0.2) is 58.2 Å². The molecule has 8 heteroatoms. The average molecular weight is 437 g/mol. The molecule has 3 heterocycles. The van der Waals surface area contributed by atoms with Gasteiger partial charge in [0.2, 0.25) is 0 Å². The number of aromatic carboxylic acids is 1. The number of likely N-dealkylation sites (N-methyl/N-ethyl adjacent to an activating group) is 1. The molecule has 1 aliphatic rings. The number of furan rings is 1. The first-order valence-corrected chi connectivity index (χ1v) is 10.4. The van der Waals surface area contributed by atoms with Crippen LogP contribution in [-0.2, 0) is 0 Å². The first-order chi connectivity index (χ1) is 14.9. The second-order valence-corrected chi connectivity index (χ2v) is 8.10. The predicted octanol–water partition coefficient (Wildman–Crippen LogP) is 3.57. The molecule has 0 saturated carbocycles. The smallest absolute Gasteiger partial charge is 0.335 e. The minimum atomic E-state index is -0.968. The molecule has 1 aromatic carbocycles. The van der Waals surface area contributed by atoms with Gasteiger partial charge in [-0.3, -0.25) is 4.98 Å². The fourth-order valence-corrected chi connectivity index (χ4v) is 4.07. The zero-order valence-electron chi connectivity index (χ0n) is 17.4. The van der Waals surface area contributed by atoms with Crippen molar-refractivity contribution in [2.24, 2.45) is 0 Å². The van der Waals surface area contributed by atoms with Gasteiger partial charge in [0.15, 0.2) is 5.11 Å². The highest BCUT2D eigenvalue weighted by atomic mass is 32.1. The van der Waals surface area contributed by atoms with Crippen LogP contribution in [0.2, 0.25) is 0 Å². The summed E-state index contributed by atoms with van der Waals surface area (Å²) in [6.45, 7) is 1.57. The number of carboxylic acid groups (broad SMARTS) is 1. The van der Waals surface area contributed by atoms with Gasteiger partial charge in [-0.05, 0) is 62.7 Å². The van der Waals surface area contributed by atoms with E-state index in [1.165, 1.54) is 0 Å². The van der Waals surface area contributed by atoms with Crippen LogP contribution >= 0.6 is 12.2 Å². The Morgan fingerprint density at radius 3 is 2.77 bits per heavy atom. The van der Waals surface area contributed by atoms with E-state index in [9.17, 15) is 9.90 Å². The summed E-state index contributed by atoms with van der Waals surface area (Å²) in [6, 6.07) is 16.0. The topological polar surface area (TPSA) is 81.8 Å². The lowest BCUT2D eigenvalue weighted by Gasteiger charge is -2.27. The Morgan fingerprint density at radius 1 is 1.23 bits per heavy atom. The number of hydrogen-bond donors (Lipinski definition) is 2. The van der Waals surface area contributed by atoms with Gasteiger partial charge in [-0.25, -0.2) is 4.79 Å². The van der Waals surface area contributed by atoms with Crippen LogP contribution in [0, 0.1) is 0 Å². The fourth-order valence-electron chi connectivity index (χ4n) is 3.74. The normalized spacial score (nSPS) is 18.4. The number of aromatic nitrogens is 1. The van der Waals surface area contributed by atoms with Crippen molar-refractivity contribution in [2.75, 3.05) is 27.2 Å². The molecule has 7 nitrogen and oxygen atoms in total. The van der Waals surface area contributed by atoms with Gasteiger partial charge in [-0.15, -0.1) is 0 Å². The van der Waals surface area contributed by atoms with Gasteiger partial charge in [-0.2, -0.15) is 0 Å². The van der Waals surface area contributed by atoms with Gasteiger partial charge in [0.05, 0.1) is 17.3 Å². The summed E-state index contributed by atoms with van der Waals surface area (Å²) in [6.07, 6.45) is 1.77. The van der Waals surface area contributed by atoms with E-state index in [2.05, 4.69) is 20.1 Å². The van der Waals surface area contributed by atoms with E-state index in [0.717, 1.165) is 24.5 Å². The number of pyridine rings is 1. The molecule has 2 aromatic heterocycles. The molecule has 160 valence electrons. The lowest BCUT2D eigenvalue weighted by Crippen LogP contribution is -2.35. The van der Waals surface area contributed by atoms with Gasteiger partial charge in [0.25, 0.3) is 0 Å². The van der Waals surface area contributed by atoms with E-state index in [1.54, 1.807) is 24.4 Å². The molecular formula is C23H24N4O3S. The first-order valence-electron chi connectivity index (χ1n) is 10.0. The molecule has 2 atom stereocenters. The summed E-state index contributed by atoms with van der Waals surface area (Å²) < 4.78 is 6.25. The van der Waals surface area contributed by atoms with Crippen molar-refractivity contribution >= 4 is 23.3 Å². The highest BCUT2D eigenvalue weighted by Crippen LogP contribution is 2.40. The van der Waals surface area contributed by atoms with Gasteiger partial charge in [-0.1, -0.05) is 18.2 Å². The Labute approximate surface area is 186 Å². The number of carbonyl (C=O) groups is 1. The molecular weight excluding hydrogens is 412 g/mol. The Bertz CT molecular complexity index is 1080. The highest BCUT2D eigenvalue weighted by molar-refractivity contribution is 7.80. The number of thiocarbonyl (C=S) groups is 1. The standard InChI is InChI=1S/C23H24N4O3S/c1-26(2)12-13-27-21(20(25-23(27)31)17-8-3-4-11-24-17)19-10-9-18(30-19)15-6-5-7-16(14-15)22(28)29/h3-11,14,20-21H,12-13H2,1-2H3,(H,25,31)(H,28,29)/t20-,21+/m1/s1. The molecule has 4 rings (SSSR count). The van der Waals surface area contributed by atoms with E-state index >= 15 is 0 Å². The van der Waals surface area contributed by atoms with Gasteiger partial charge < -0.3 is 24.6 Å². The van der Waals surface area contributed by atoms with Crippen LogP contribution in [0.25, 0.3) is 11.3 Å². The molecule has 0 aliphatic carbocycles. The molecule has 1 saturated heterocycles. The summed E-state index contributed by atoms with van der Waals surface area (Å²) in [5.74, 6) is 0.393. The van der Waals surface area contributed by atoms with E-state index in [1.807, 2.05) is 50.5 Å². The second kappa shape index (κ2) is 8.87. The monoisotopic (exact) mass is 436 g/mol. The molecule has 31 heavy (non-hydrogen) atoms. The number of rotatable bonds is 7. The first kappa shape index (κ1) is 21.0. The number of nitrogens with zero attached hydrogens (tertiary/aromatic N) is 3. The third-order valence-electron chi connectivity index (χ3n) is 5.30. The van der Waals surface area contributed by atoms with Crippen LogP contribution in [0.15, 0.2) is 65.2 Å². The van der Waals surface area contributed by atoms with Gasteiger partial charge in [0, 0.05) is 24.8 Å². The van der Waals surface area contributed by atoms with Crippen molar-refractivity contribution in [1.82, 2.24) is 20.1 Å². The third-order valence-corrected chi connectivity index (χ3v) is 5.65. The second-order valence-electron chi connectivity index (χ2n) is 7.71. The number of benzene rings is 1. The van der Waals surface area contributed by atoms with E-state index < -0.39 is 5.97 Å². The van der Waals surface area contributed by atoms with Crippen molar-refractivity contribution in [3.8, 4) is 11.3 Å². The fraction of sp³-hybridized carbons (Fsp3) is 0.261. The summed E-state index contributed by atoms with van der Waals surface area (Å²) in [5.41, 5.74) is 1.82. The number of carboxylic acids is 1. The van der Waals surface area contributed by atoms with Crippen LogP contribution < -0.4 is 5.32 Å². The quantitative estimate of drug-likeness (QED) is 0.544. The summed E-state index contributed by atoms with van der Waals surface area (Å²) >= 11 is 5.65. The molecule has 3 aromatic rings. The molecule has 2 N–H and O–H groups in total. The molecule has 0 unspecified atom stereocenters. The van der Waals surface area contributed by atoms with Crippen molar-refractivity contribution < 1.29 is 14.3 Å². The largest absolute Gasteiger partial charge is 0.478 e. The van der Waals surface area contributed by atoms with Crippen molar-refractivity contribution in [3.05, 3.63) is 77.8 Å². The number of hydrogen-bond acceptors (Lipinski definition) is 5. The Kier molecular flexibility index (Phi) is 6.01. The highest BCUT2D eigenvalue weighted by Gasteiger charge is 2.41. The van der Waals surface area contributed by atoms with E-state index in [4.69, 9.17) is 16.6 Å². The van der Waals surface area contributed by atoms with Gasteiger partial charge >= 0.3 is 5.97 Å². The molecule has 0 bridgehead atoms. The van der Waals surface area contributed by atoms with Crippen LogP contribution in [0.1, 0.15) is 33.9 Å². The van der Waals surface area contributed by atoms with Crippen LogP contribution in [0.5, 0.6) is 0 Å². The van der Waals surface area contributed by atoms with Crippen molar-refractivity contribution in [3.63, 3.8) is 0 Å². The Morgan fingerprint density at radius 2 is 2.06 bits per heavy atom. The van der Waals surface area contributed by atoms with Crippen molar-refractivity contribution in [1.29, 1.82) is 0 Å². The molecule has 0 spiro atoms. The zero-order chi connectivity index (χ0) is 22.0. The molecule has 1 aliphatic heterocycles. The lowest BCUT2D eigenvalue weighted by atomic mass is 10.0. The minimum absolute atomic E-state index is 0.153. The third kappa shape index (κ3) is 4.45. The van der Waals surface area contributed by atoms with E-state index in [0.29, 0.717) is 16.4 Å².